The van der Waals surface area contributed by atoms with Gasteiger partial charge in [-0.3, -0.25) is 4.90 Å². The average Bonchev–Trinajstić information content (AvgIpc) is 2.89. The first-order valence-electron chi connectivity index (χ1n) is 7.63. The molecular weight excluding hydrogens is 250 g/mol. The van der Waals surface area contributed by atoms with E-state index in [2.05, 4.69) is 23.6 Å². The van der Waals surface area contributed by atoms with Crippen molar-refractivity contribution < 1.29 is 4.79 Å². The van der Waals surface area contributed by atoms with Gasteiger partial charge in [-0.25, -0.2) is 4.79 Å². The maximum atomic E-state index is 12.6. The fourth-order valence-electron chi connectivity index (χ4n) is 3.16. The Morgan fingerprint density at radius 2 is 2.05 bits per heavy atom. The van der Waals surface area contributed by atoms with Crippen LogP contribution in [0.3, 0.4) is 0 Å². The van der Waals surface area contributed by atoms with Crippen LogP contribution >= 0.6 is 0 Å². The van der Waals surface area contributed by atoms with Crippen LogP contribution in [0, 0.1) is 0 Å². The van der Waals surface area contributed by atoms with E-state index in [1.54, 1.807) is 0 Å². The monoisotopic (exact) mass is 273 g/mol. The molecule has 2 aliphatic rings. The molecule has 2 amide bonds. The van der Waals surface area contributed by atoms with Crippen molar-refractivity contribution in [2.75, 3.05) is 11.4 Å². The molecule has 3 rings (SSSR count). The highest BCUT2D eigenvalue weighted by molar-refractivity contribution is 5.93. The van der Waals surface area contributed by atoms with Crippen molar-refractivity contribution in [3.05, 3.63) is 29.8 Å². The third-order valence-electron chi connectivity index (χ3n) is 4.31. The second-order valence-electron chi connectivity index (χ2n) is 5.95. The van der Waals surface area contributed by atoms with E-state index in [1.165, 1.54) is 18.4 Å². The maximum Gasteiger partial charge on any atom is 0.322 e. The molecule has 2 N–H and O–H groups in total. The van der Waals surface area contributed by atoms with Crippen LogP contribution in [0.2, 0.25) is 0 Å². The minimum absolute atomic E-state index is 0.0555. The summed E-state index contributed by atoms with van der Waals surface area (Å²) in [4.78, 5) is 14.5. The lowest BCUT2D eigenvalue weighted by Gasteiger charge is -2.26. The van der Waals surface area contributed by atoms with Gasteiger partial charge in [0.05, 0.1) is 0 Å². The molecule has 1 aromatic carbocycles. The number of nitrogens with one attached hydrogen (secondary N) is 2. The Balaban J connectivity index is 1.80. The van der Waals surface area contributed by atoms with Crippen LogP contribution < -0.4 is 15.5 Å². The minimum atomic E-state index is 0.0555. The molecule has 20 heavy (non-hydrogen) atoms. The number of urea groups is 1. The molecule has 0 spiro atoms. The zero-order valence-corrected chi connectivity index (χ0v) is 12.1. The van der Waals surface area contributed by atoms with Crippen molar-refractivity contribution in [3.8, 4) is 0 Å². The fourth-order valence-corrected chi connectivity index (χ4v) is 3.16. The first-order valence-corrected chi connectivity index (χ1v) is 7.63. The first kappa shape index (κ1) is 13.4. The van der Waals surface area contributed by atoms with Crippen molar-refractivity contribution in [3.63, 3.8) is 0 Å². The highest BCUT2D eigenvalue weighted by atomic mass is 16.2. The van der Waals surface area contributed by atoms with Crippen LogP contribution in [-0.4, -0.2) is 24.7 Å². The lowest BCUT2D eigenvalue weighted by atomic mass is 10.1. The van der Waals surface area contributed by atoms with E-state index < -0.39 is 0 Å². The molecule has 1 aliphatic heterocycles. The van der Waals surface area contributed by atoms with Crippen molar-refractivity contribution in [2.24, 2.45) is 0 Å². The number of benzene rings is 1. The molecule has 1 saturated carbocycles. The van der Waals surface area contributed by atoms with E-state index >= 15 is 0 Å². The molecule has 108 valence electrons. The summed E-state index contributed by atoms with van der Waals surface area (Å²) in [5, 5.41) is 6.65. The zero-order valence-electron chi connectivity index (χ0n) is 12.1. The summed E-state index contributed by atoms with van der Waals surface area (Å²) in [7, 11) is 0. The third kappa shape index (κ3) is 2.80. The number of fused-ring (bicyclic) bond motifs is 1. The van der Waals surface area contributed by atoms with E-state index in [0.29, 0.717) is 12.1 Å². The van der Waals surface area contributed by atoms with E-state index in [1.807, 2.05) is 23.1 Å². The lowest BCUT2D eigenvalue weighted by molar-refractivity contribution is 0.242. The van der Waals surface area contributed by atoms with Crippen molar-refractivity contribution in [1.82, 2.24) is 10.6 Å². The predicted octanol–water partition coefficient (Wildman–Crippen LogP) is 2.64. The van der Waals surface area contributed by atoms with Crippen LogP contribution in [0.5, 0.6) is 0 Å². The minimum Gasteiger partial charge on any atom is -0.335 e. The molecular formula is C16H23N3O. The van der Waals surface area contributed by atoms with Gasteiger partial charge in [0, 0.05) is 30.9 Å². The van der Waals surface area contributed by atoms with Crippen LogP contribution in [0.1, 0.15) is 38.2 Å². The van der Waals surface area contributed by atoms with Gasteiger partial charge >= 0.3 is 6.03 Å². The normalized spacial score (nSPS) is 23.2. The summed E-state index contributed by atoms with van der Waals surface area (Å²) in [6.07, 6.45) is 4.71. The largest absolute Gasteiger partial charge is 0.335 e. The molecule has 0 radical (unpaired) electrons. The summed E-state index contributed by atoms with van der Waals surface area (Å²) >= 11 is 0. The Labute approximate surface area is 120 Å². The molecule has 1 heterocycles. The van der Waals surface area contributed by atoms with Crippen molar-refractivity contribution >= 4 is 11.7 Å². The van der Waals surface area contributed by atoms with Gasteiger partial charge in [0.15, 0.2) is 0 Å². The molecule has 4 heteroatoms. The smallest absolute Gasteiger partial charge is 0.322 e. The number of hydrogen-bond acceptors (Lipinski definition) is 2. The topological polar surface area (TPSA) is 44.4 Å². The summed E-state index contributed by atoms with van der Waals surface area (Å²) in [5.74, 6) is 0. The third-order valence-corrected chi connectivity index (χ3v) is 4.31. The summed E-state index contributed by atoms with van der Waals surface area (Å²) in [6, 6.07) is 8.89. The Hall–Kier alpha value is -1.55. The zero-order chi connectivity index (χ0) is 13.9. The molecule has 1 atom stereocenters. The van der Waals surface area contributed by atoms with Crippen molar-refractivity contribution in [2.45, 2.75) is 51.2 Å². The van der Waals surface area contributed by atoms with Crippen LogP contribution in [0.4, 0.5) is 10.5 Å². The van der Waals surface area contributed by atoms with Crippen molar-refractivity contribution in [1.29, 1.82) is 0 Å². The molecule has 1 fully saturated rings. The number of carbonyl (C=O) groups excluding carboxylic acids is 1. The second-order valence-corrected chi connectivity index (χ2v) is 5.95. The van der Waals surface area contributed by atoms with Gasteiger partial charge in [-0.15, -0.1) is 0 Å². The highest BCUT2D eigenvalue weighted by Crippen LogP contribution is 2.24. The predicted molar refractivity (Wildman–Crippen MR) is 80.9 cm³/mol. The Morgan fingerprint density at radius 3 is 2.85 bits per heavy atom. The van der Waals surface area contributed by atoms with E-state index in [0.717, 1.165) is 31.6 Å². The van der Waals surface area contributed by atoms with Gasteiger partial charge in [-0.2, -0.15) is 0 Å². The average molecular weight is 273 g/mol. The number of nitrogens with zero attached hydrogens (tertiary/aromatic N) is 1. The van der Waals surface area contributed by atoms with Crippen LogP contribution in [0.15, 0.2) is 24.3 Å². The number of amides is 2. The van der Waals surface area contributed by atoms with Crippen LogP contribution in [-0.2, 0) is 6.54 Å². The number of para-hydroxylation sites is 1. The highest BCUT2D eigenvalue weighted by Gasteiger charge is 2.26. The Bertz CT molecular complexity index is 482. The van der Waals surface area contributed by atoms with Gasteiger partial charge in [-0.1, -0.05) is 31.0 Å². The molecule has 1 unspecified atom stereocenters. The summed E-state index contributed by atoms with van der Waals surface area (Å²) in [5.41, 5.74) is 2.23. The molecule has 0 saturated heterocycles. The molecule has 0 aromatic heterocycles. The molecule has 1 aliphatic carbocycles. The van der Waals surface area contributed by atoms with Gasteiger partial charge in [-0.05, 0) is 31.4 Å². The van der Waals surface area contributed by atoms with E-state index in [-0.39, 0.29) is 6.03 Å². The van der Waals surface area contributed by atoms with Crippen LogP contribution in [0.25, 0.3) is 0 Å². The standard InChI is InChI=1S/C16H23N3O/c1-12-11-19(16(20)18-14-7-3-4-8-14)15-9-5-2-6-13(15)10-17-12/h2,5-6,9,12,14,17H,3-4,7-8,10-11H2,1H3,(H,18,20). The van der Waals surface area contributed by atoms with Gasteiger partial charge in [0.2, 0.25) is 0 Å². The van der Waals surface area contributed by atoms with E-state index in [9.17, 15) is 4.79 Å². The SMILES string of the molecule is CC1CN(C(=O)NC2CCCC2)c2ccccc2CN1. The Morgan fingerprint density at radius 1 is 1.30 bits per heavy atom. The number of anilines is 1. The number of carbonyl (C=O) groups is 1. The second kappa shape index (κ2) is 5.83. The van der Waals surface area contributed by atoms with Gasteiger partial charge in [0.1, 0.15) is 0 Å². The van der Waals surface area contributed by atoms with Gasteiger partial charge in [0.25, 0.3) is 0 Å². The first-order chi connectivity index (χ1) is 9.74. The molecule has 0 bridgehead atoms. The lowest BCUT2D eigenvalue weighted by Crippen LogP contribution is -2.47. The Kier molecular flexibility index (Phi) is 3.92. The van der Waals surface area contributed by atoms with E-state index in [4.69, 9.17) is 0 Å². The molecule has 1 aromatic rings. The van der Waals surface area contributed by atoms with Gasteiger partial charge < -0.3 is 10.6 Å². The quantitative estimate of drug-likeness (QED) is 0.826. The number of rotatable bonds is 1. The summed E-state index contributed by atoms with van der Waals surface area (Å²) in [6.45, 7) is 3.67. The fraction of sp³-hybridized carbons (Fsp3) is 0.562. The maximum absolute atomic E-state index is 12.6. The summed E-state index contributed by atoms with van der Waals surface area (Å²) < 4.78 is 0. The number of hydrogen-bond donors (Lipinski definition) is 2. The molecule has 4 nitrogen and oxygen atoms in total.